The number of rotatable bonds is 6. The lowest BCUT2D eigenvalue weighted by Crippen LogP contribution is -2.31. The summed E-state index contributed by atoms with van der Waals surface area (Å²) in [4.78, 5) is 0. The summed E-state index contributed by atoms with van der Waals surface area (Å²) in [5, 5.41) is 3.46. The maximum Gasteiger partial charge on any atom is 0.0220 e. The second-order valence-electron chi connectivity index (χ2n) is 4.46. The Morgan fingerprint density at radius 2 is 2.00 bits per heavy atom. The van der Waals surface area contributed by atoms with Crippen molar-refractivity contribution in [3.63, 3.8) is 0 Å². The average Bonchev–Trinajstić information content (AvgIpc) is 2.26. The van der Waals surface area contributed by atoms with Crippen LogP contribution in [0.5, 0.6) is 0 Å². The first-order chi connectivity index (χ1) is 7.65. The molecule has 0 aliphatic carbocycles. The van der Waals surface area contributed by atoms with Gasteiger partial charge in [-0.05, 0) is 36.6 Å². The molecule has 1 aromatic carbocycles. The largest absolute Gasteiger partial charge is 0.330 e. The fraction of sp³-hybridized carbons (Fsp3) is 0.538. The van der Waals surface area contributed by atoms with Gasteiger partial charge in [0.05, 0.1) is 0 Å². The highest BCUT2D eigenvalue weighted by molar-refractivity contribution is 9.10. The van der Waals surface area contributed by atoms with Crippen molar-refractivity contribution in [3.05, 3.63) is 34.3 Å². The summed E-state index contributed by atoms with van der Waals surface area (Å²) in [6.45, 7) is 7.07. The molecule has 0 saturated heterocycles. The Morgan fingerprint density at radius 1 is 1.31 bits per heavy atom. The zero-order valence-corrected chi connectivity index (χ0v) is 11.6. The number of halogens is 1. The summed E-state index contributed by atoms with van der Waals surface area (Å²) >= 11 is 3.54. The second-order valence-corrected chi connectivity index (χ2v) is 5.32. The van der Waals surface area contributed by atoms with E-state index >= 15 is 0 Å². The van der Waals surface area contributed by atoms with E-state index in [9.17, 15) is 0 Å². The second kappa shape index (κ2) is 7.05. The van der Waals surface area contributed by atoms with E-state index in [2.05, 4.69) is 53.3 Å². The van der Waals surface area contributed by atoms with Crippen LogP contribution >= 0.6 is 15.9 Å². The van der Waals surface area contributed by atoms with Crippen molar-refractivity contribution in [2.75, 3.05) is 13.1 Å². The smallest absolute Gasteiger partial charge is 0.0220 e. The SMILES string of the molecule is CC(C)C(CN)CNCc1ccccc1Br. The Labute approximate surface area is 107 Å². The number of benzene rings is 1. The van der Waals surface area contributed by atoms with Crippen LogP contribution in [0.1, 0.15) is 19.4 Å². The summed E-state index contributed by atoms with van der Waals surface area (Å²) in [5.41, 5.74) is 7.03. The minimum Gasteiger partial charge on any atom is -0.330 e. The minimum atomic E-state index is 0.558. The Morgan fingerprint density at radius 3 is 2.56 bits per heavy atom. The monoisotopic (exact) mass is 284 g/mol. The van der Waals surface area contributed by atoms with Crippen LogP contribution in [-0.2, 0) is 6.54 Å². The van der Waals surface area contributed by atoms with Crippen LogP contribution < -0.4 is 11.1 Å². The topological polar surface area (TPSA) is 38.0 Å². The van der Waals surface area contributed by atoms with Gasteiger partial charge in [-0.25, -0.2) is 0 Å². The lowest BCUT2D eigenvalue weighted by Gasteiger charge is -2.19. The molecule has 0 aromatic heterocycles. The van der Waals surface area contributed by atoms with Crippen molar-refractivity contribution in [1.29, 1.82) is 0 Å². The van der Waals surface area contributed by atoms with Crippen molar-refractivity contribution in [1.82, 2.24) is 5.32 Å². The summed E-state index contributed by atoms with van der Waals surface area (Å²) < 4.78 is 1.16. The predicted molar refractivity (Wildman–Crippen MR) is 73.2 cm³/mol. The highest BCUT2D eigenvalue weighted by atomic mass is 79.9. The van der Waals surface area contributed by atoms with Crippen LogP contribution in [0.3, 0.4) is 0 Å². The fourth-order valence-electron chi connectivity index (χ4n) is 1.63. The Balaban J connectivity index is 2.38. The summed E-state index contributed by atoms with van der Waals surface area (Å²) in [6.07, 6.45) is 0. The standard InChI is InChI=1S/C13H21BrN2/c1-10(2)12(7-15)9-16-8-11-5-3-4-6-13(11)14/h3-6,10,12,16H,7-9,15H2,1-2H3. The third-order valence-electron chi connectivity index (χ3n) is 2.93. The van der Waals surface area contributed by atoms with Gasteiger partial charge in [-0.2, -0.15) is 0 Å². The van der Waals surface area contributed by atoms with Gasteiger partial charge in [0, 0.05) is 11.0 Å². The van der Waals surface area contributed by atoms with E-state index < -0.39 is 0 Å². The molecular formula is C13H21BrN2. The van der Waals surface area contributed by atoms with Gasteiger partial charge in [0.2, 0.25) is 0 Å². The quantitative estimate of drug-likeness (QED) is 0.843. The van der Waals surface area contributed by atoms with E-state index in [1.165, 1.54) is 5.56 Å². The molecular weight excluding hydrogens is 264 g/mol. The third kappa shape index (κ3) is 4.24. The number of nitrogens with two attached hydrogens (primary N) is 1. The van der Waals surface area contributed by atoms with E-state index in [0.717, 1.165) is 24.1 Å². The lowest BCUT2D eigenvalue weighted by atomic mass is 9.96. The molecule has 3 heteroatoms. The van der Waals surface area contributed by atoms with Crippen molar-refractivity contribution in [2.24, 2.45) is 17.6 Å². The van der Waals surface area contributed by atoms with Crippen molar-refractivity contribution in [3.8, 4) is 0 Å². The van der Waals surface area contributed by atoms with Gasteiger partial charge in [-0.15, -0.1) is 0 Å². The average molecular weight is 285 g/mol. The molecule has 2 nitrogen and oxygen atoms in total. The Kier molecular flexibility index (Phi) is 6.03. The molecule has 0 radical (unpaired) electrons. The maximum atomic E-state index is 5.73. The van der Waals surface area contributed by atoms with E-state index in [4.69, 9.17) is 5.73 Å². The molecule has 0 fully saturated rings. The number of hydrogen-bond donors (Lipinski definition) is 2. The molecule has 0 bridgehead atoms. The van der Waals surface area contributed by atoms with Crippen LogP contribution in [0.25, 0.3) is 0 Å². The van der Waals surface area contributed by atoms with Crippen LogP contribution in [-0.4, -0.2) is 13.1 Å². The van der Waals surface area contributed by atoms with Gasteiger partial charge in [-0.1, -0.05) is 48.0 Å². The Bertz CT molecular complexity index is 313. The summed E-state index contributed by atoms with van der Waals surface area (Å²) in [5.74, 6) is 1.19. The highest BCUT2D eigenvalue weighted by Gasteiger charge is 2.10. The molecule has 0 spiro atoms. The van der Waals surface area contributed by atoms with Crippen LogP contribution in [0, 0.1) is 11.8 Å². The highest BCUT2D eigenvalue weighted by Crippen LogP contribution is 2.15. The van der Waals surface area contributed by atoms with Crippen LogP contribution in [0.15, 0.2) is 28.7 Å². The normalized spacial score (nSPS) is 13.1. The molecule has 0 amide bonds. The zero-order chi connectivity index (χ0) is 12.0. The first-order valence-electron chi connectivity index (χ1n) is 5.79. The molecule has 1 atom stereocenters. The molecule has 1 rings (SSSR count). The number of nitrogens with one attached hydrogen (secondary N) is 1. The van der Waals surface area contributed by atoms with Gasteiger partial charge in [0.1, 0.15) is 0 Å². The first kappa shape index (κ1) is 13.7. The predicted octanol–water partition coefficient (Wildman–Crippen LogP) is 2.77. The van der Waals surface area contributed by atoms with Crippen molar-refractivity contribution < 1.29 is 0 Å². The van der Waals surface area contributed by atoms with E-state index in [1.54, 1.807) is 0 Å². The van der Waals surface area contributed by atoms with Gasteiger partial charge in [-0.3, -0.25) is 0 Å². The molecule has 1 unspecified atom stereocenters. The summed E-state index contributed by atoms with van der Waals surface area (Å²) in [6, 6.07) is 8.29. The van der Waals surface area contributed by atoms with Crippen molar-refractivity contribution >= 4 is 15.9 Å². The first-order valence-corrected chi connectivity index (χ1v) is 6.58. The van der Waals surface area contributed by atoms with Crippen molar-refractivity contribution in [2.45, 2.75) is 20.4 Å². The van der Waals surface area contributed by atoms with Gasteiger partial charge in [0.15, 0.2) is 0 Å². The fourth-order valence-corrected chi connectivity index (χ4v) is 2.05. The molecule has 16 heavy (non-hydrogen) atoms. The van der Waals surface area contributed by atoms with Gasteiger partial charge in [0.25, 0.3) is 0 Å². The number of hydrogen-bond acceptors (Lipinski definition) is 2. The molecule has 1 aromatic rings. The molecule has 3 N–H and O–H groups in total. The molecule has 0 heterocycles. The molecule has 90 valence electrons. The van der Waals surface area contributed by atoms with Gasteiger partial charge >= 0.3 is 0 Å². The van der Waals surface area contributed by atoms with Gasteiger partial charge < -0.3 is 11.1 Å². The molecule has 0 aliphatic heterocycles. The van der Waals surface area contributed by atoms with E-state index in [-0.39, 0.29) is 0 Å². The third-order valence-corrected chi connectivity index (χ3v) is 3.70. The lowest BCUT2D eigenvalue weighted by molar-refractivity contribution is 0.370. The van der Waals surface area contributed by atoms with E-state index in [1.807, 2.05) is 6.07 Å². The molecule has 0 saturated carbocycles. The maximum absolute atomic E-state index is 5.73. The van der Waals surface area contributed by atoms with E-state index in [0.29, 0.717) is 11.8 Å². The van der Waals surface area contributed by atoms with Crippen LogP contribution in [0.2, 0.25) is 0 Å². The minimum absolute atomic E-state index is 0.558. The molecule has 0 aliphatic rings. The van der Waals surface area contributed by atoms with Crippen LogP contribution in [0.4, 0.5) is 0 Å². The summed E-state index contributed by atoms with van der Waals surface area (Å²) in [7, 11) is 0. The zero-order valence-electron chi connectivity index (χ0n) is 10.0. The Hall–Kier alpha value is -0.380.